The number of fused-ring (bicyclic) bond motifs is 1. The molecule has 2 fully saturated rings. The highest BCUT2D eigenvalue weighted by atomic mass is 16.7. The topological polar surface area (TPSA) is 146 Å². The van der Waals surface area contributed by atoms with Crippen molar-refractivity contribution in [2.45, 2.75) is 76.7 Å². The van der Waals surface area contributed by atoms with Crippen molar-refractivity contribution in [2.75, 3.05) is 19.6 Å². The number of rotatable bonds is 13. The Labute approximate surface area is 314 Å². The maximum atomic E-state index is 12.9. The quantitative estimate of drug-likeness (QED) is 0.108. The second-order valence-electron chi connectivity index (χ2n) is 14.5. The van der Waals surface area contributed by atoms with Gasteiger partial charge in [-0.1, -0.05) is 85.8 Å². The lowest BCUT2D eigenvalue weighted by atomic mass is 9.89. The molecule has 7 rings (SSSR count). The molecule has 4 aromatic carbocycles. The number of hydrogen-bond acceptors (Lipinski definition) is 7. The van der Waals surface area contributed by atoms with Crippen LogP contribution in [0.4, 0.5) is 0 Å². The molecule has 3 heterocycles. The molecular weight excluding hydrogens is 684 g/mol. The average molecular weight is 733 g/mol. The molecule has 0 radical (unpaired) electrons. The number of imidazole rings is 1. The van der Waals surface area contributed by atoms with Crippen molar-refractivity contribution >= 4 is 22.9 Å². The minimum atomic E-state index is -0.903. The van der Waals surface area contributed by atoms with Crippen LogP contribution in [-0.4, -0.2) is 62.3 Å². The van der Waals surface area contributed by atoms with Gasteiger partial charge in [-0.25, -0.2) is 4.79 Å². The van der Waals surface area contributed by atoms with Gasteiger partial charge in [0.25, 0.3) is 0 Å². The number of amides is 1. The number of ether oxygens (including phenoxy) is 2. The van der Waals surface area contributed by atoms with Crippen molar-refractivity contribution in [1.82, 2.24) is 19.8 Å². The van der Waals surface area contributed by atoms with E-state index >= 15 is 0 Å². The van der Waals surface area contributed by atoms with Crippen LogP contribution >= 0.6 is 0 Å². The number of aromatic amines is 1. The molecule has 2 saturated heterocycles. The number of likely N-dealkylation sites (tertiary alicyclic amines) is 1. The van der Waals surface area contributed by atoms with Crippen LogP contribution in [0.25, 0.3) is 22.2 Å². The molecule has 1 amide bonds. The van der Waals surface area contributed by atoms with Gasteiger partial charge in [0.2, 0.25) is 5.91 Å². The normalized spacial score (nSPS) is 20.9. The number of carbonyl (C=O) groups excluding carboxylic acids is 1. The van der Waals surface area contributed by atoms with Crippen molar-refractivity contribution in [3.8, 4) is 11.1 Å². The van der Waals surface area contributed by atoms with Gasteiger partial charge in [0.15, 0.2) is 6.29 Å². The Bertz CT molecular complexity index is 2100. The van der Waals surface area contributed by atoms with Gasteiger partial charge >= 0.3 is 11.7 Å². The largest absolute Gasteiger partial charge is 0.481 e. The van der Waals surface area contributed by atoms with E-state index in [0.29, 0.717) is 13.0 Å². The average Bonchev–Trinajstić information content (AvgIpc) is 3.54. The Morgan fingerprint density at radius 2 is 1.59 bits per heavy atom. The fourth-order valence-electron chi connectivity index (χ4n) is 7.76. The number of aliphatic carboxylic acids is 1. The van der Waals surface area contributed by atoms with Crippen LogP contribution in [0.2, 0.25) is 0 Å². The van der Waals surface area contributed by atoms with Crippen molar-refractivity contribution in [3.05, 3.63) is 130 Å². The molecule has 0 aliphatic carbocycles. The Hall–Kier alpha value is -5.07. The summed E-state index contributed by atoms with van der Waals surface area (Å²) >= 11 is 0. The van der Waals surface area contributed by atoms with Gasteiger partial charge in [0.1, 0.15) is 0 Å². The predicted octanol–water partition coefficient (Wildman–Crippen LogP) is 6.49. The Morgan fingerprint density at radius 3 is 2.33 bits per heavy atom. The molecule has 282 valence electrons. The lowest BCUT2D eigenvalue weighted by Crippen LogP contribution is -2.47. The lowest BCUT2D eigenvalue weighted by molar-refractivity contribution is -0.276. The zero-order valence-corrected chi connectivity index (χ0v) is 30.5. The zero-order chi connectivity index (χ0) is 37.6. The third-order valence-corrected chi connectivity index (χ3v) is 10.8. The summed E-state index contributed by atoms with van der Waals surface area (Å²) < 4.78 is 15.4. The number of carboxylic acids is 1. The van der Waals surface area contributed by atoms with E-state index in [1.807, 2.05) is 89.5 Å². The van der Waals surface area contributed by atoms with Crippen LogP contribution in [0.3, 0.4) is 0 Å². The number of benzene rings is 4. The molecule has 4 atom stereocenters. The van der Waals surface area contributed by atoms with Crippen LogP contribution in [0.15, 0.2) is 102 Å². The smallest absolute Gasteiger partial charge is 0.326 e. The summed E-state index contributed by atoms with van der Waals surface area (Å²) in [5.41, 5.74) is 7.55. The number of nitrogens with one attached hydrogen (secondary N) is 2. The molecule has 0 unspecified atom stereocenters. The summed E-state index contributed by atoms with van der Waals surface area (Å²) in [6, 6.07) is 32.1. The number of carboxylic acid groups (broad SMARTS) is 1. The Morgan fingerprint density at radius 1 is 0.852 bits per heavy atom. The second-order valence-corrected chi connectivity index (χ2v) is 14.5. The van der Waals surface area contributed by atoms with Crippen LogP contribution < -0.4 is 11.0 Å². The van der Waals surface area contributed by atoms with E-state index in [4.69, 9.17) is 14.6 Å². The number of para-hydroxylation sites is 2. The number of aromatic nitrogens is 2. The molecule has 0 spiro atoms. The Kier molecular flexibility index (Phi) is 11.7. The number of aliphatic hydroxyl groups excluding tert-OH is 1. The fourth-order valence-corrected chi connectivity index (χ4v) is 7.76. The first-order valence-corrected chi connectivity index (χ1v) is 18.9. The molecule has 0 saturated carbocycles. The molecule has 11 heteroatoms. The number of hydrogen-bond donors (Lipinski definition) is 4. The van der Waals surface area contributed by atoms with Crippen LogP contribution in [0, 0.1) is 5.92 Å². The molecular formula is C43H48N4O7. The molecule has 5 aromatic rings. The van der Waals surface area contributed by atoms with Gasteiger partial charge in [-0.15, -0.1) is 0 Å². The predicted molar refractivity (Wildman–Crippen MR) is 205 cm³/mol. The van der Waals surface area contributed by atoms with Gasteiger partial charge in [-0.2, -0.15) is 0 Å². The SMILES string of the molecule is C[C@H]1[C@@H](CN2CCC(n3c(=O)[nH]c4ccccc43)CC2)O[C@@H](c2ccc(-c3cccc(CNC(=O)CCCC(=O)O)c3)cc2)O[C@H]1c1ccc(CO)cc1. The maximum Gasteiger partial charge on any atom is 0.326 e. The molecule has 2 aliphatic rings. The minimum Gasteiger partial charge on any atom is -0.481 e. The highest BCUT2D eigenvalue weighted by molar-refractivity contribution is 5.77. The molecule has 54 heavy (non-hydrogen) atoms. The zero-order valence-electron chi connectivity index (χ0n) is 30.5. The first-order valence-electron chi connectivity index (χ1n) is 18.9. The highest BCUT2D eigenvalue weighted by Crippen LogP contribution is 2.42. The number of H-pyrrole nitrogens is 1. The van der Waals surface area contributed by atoms with Crippen LogP contribution in [-0.2, 0) is 32.2 Å². The summed E-state index contributed by atoms with van der Waals surface area (Å²) in [7, 11) is 0. The van der Waals surface area contributed by atoms with E-state index in [0.717, 1.165) is 76.9 Å². The van der Waals surface area contributed by atoms with E-state index in [-0.39, 0.29) is 55.2 Å². The Balaban J connectivity index is 1.04. The van der Waals surface area contributed by atoms with Gasteiger partial charge in [0.05, 0.1) is 29.8 Å². The number of nitrogens with zero attached hydrogens (tertiary/aromatic N) is 2. The van der Waals surface area contributed by atoms with E-state index < -0.39 is 12.3 Å². The van der Waals surface area contributed by atoms with E-state index in [9.17, 15) is 19.5 Å². The second kappa shape index (κ2) is 16.9. The van der Waals surface area contributed by atoms with Crippen molar-refractivity contribution in [2.24, 2.45) is 5.92 Å². The summed E-state index contributed by atoms with van der Waals surface area (Å²) in [6.45, 7) is 4.97. The first-order chi connectivity index (χ1) is 26.2. The van der Waals surface area contributed by atoms with Gasteiger partial charge in [-0.3, -0.25) is 14.2 Å². The fraction of sp³-hybridized carbons (Fsp3) is 0.372. The van der Waals surface area contributed by atoms with Gasteiger partial charge in [0, 0.05) is 56.5 Å². The number of piperidine rings is 1. The highest BCUT2D eigenvalue weighted by Gasteiger charge is 2.39. The summed E-state index contributed by atoms with van der Waals surface area (Å²) in [4.78, 5) is 41.3. The van der Waals surface area contributed by atoms with E-state index in [1.54, 1.807) is 0 Å². The number of aliphatic hydroxyl groups is 1. The van der Waals surface area contributed by atoms with Crippen molar-refractivity contribution < 1.29 is 29.3 Å². The monoisotopic (exact) mass is 732 g/mol. The molecule has 4 N–H and O–H groups in total. The number of carbonyl (C=O) groups is 2. The van der Waals surface area contributed by atoms with E-state index in [2.05, 4.69) is 34.3 Å². The van der Waals surface area contributed by atoms with Crippen molar-refractivity contribution in [1.29, 1.82) is 0 Å². The van der Waals surface area contributed by atoms with Crippen LogP contribution in [0.1, 0.15) is 79.7 Å². The van der Waals surface area contributed by atoms with Crippen molar-refractivity contribution in [3.63, 3.8) is 0 Å². The minimum absolute atomic E-state index is 0.0190. The van der Waals surface area contributed by atoms with Gasteiger partial charge < -0.3 is 34.9 Å². The van der Waals surface area contributed by atoms with E-state index in [1.165, 1.54) is 0 Å². The molecule has 1 aromatic heterocycles. The maximum absolute atomic E-state index is 12.9. The lowest BCUT2D eigenvalue weighted by Gasteiger charge is -2.44. The van der Waals surface area contributed by atoms with Crippen LogP contribution in [0.5, 0.6) is 0 Å². The summed E-state index contributed by atoms with van der Waals surface area (Å²) in [5.74, 6) is -1.02. The first kappa shape index (κ1) is 37.3. The summed E-state index contributed by atoms with van der Waals surface area (Å²) in [6.07, 6.45) is 1.28. The molecule has 11 nitrogen and oxygen atoms in total. The standard InChI is InChI=1S/C43H48N4O7/c1-28-38(26-46-22-20-35(21-23-46)47-37-9-3-2-8-36(37)45-43(47)52)53-42(54-41(28)32-14-12-29(27-48)13-15-32)33-18-16-31(17-19-33)34-7-4-6-30(24-34)25-44-39(49)10-5-11-40(50)51/h2-4,6-9,12-19,24,28,35,38,41-42,48H,5,10-11,20-23,25-27H2,1H3,(H,44,49)(H,45,52)(H,50,51)/t28-,38+,41+,42+/m0/s1. The summed E-state index contributed by atoms with van der Waals surface area (Å²) in [5, 5.41) is 21.4. The van der Waals surface area contributed by atoms with Gasteiger partial charge in [-0.05, 0) is 65.3 Å². The third kappa shape index (κ3) is 8.66. The molecule has 0 bridgehead atoms. The molecule has 2 aliphatic heterocycles. The third-order valence-electron chi connectivity index (χ3n) is 10.8.